The predicted molar refractivity (Wildman–Crippen MR) is 98.7 cm³/mol. The van der Waals surface area contributed by atoms with E-state index in [9.17, 15) is 0 Å². The maximum Gasteiger partial charge on any atom is 0.0642 e. The second-order valence-electron chi connectivity index (χ2n) is 7.78. The fourth-order valence-electron chi connectivity index (χ4n) is 4.56. The van der Waals surface area contributed by atoms with Gasteiger partial charge >= 0.3 is 0 Å². The molecule has 3 aliphatic heterocycles. The summed E-state index contributed by atoms with van der Waals surface area (Å²) in [4.78, 5) is 7.85. The van der Waals surface area contributed by atoms with E-state index in [0.29, 0.717) is 6.04 Å². The molecule has 1 aromatic carbocycles. The van der Waals surface area contributed by atoms with Crippen molar-refractivity contribution in [3.8, 4) is 0 Å². The van der Waals surface area contributed by atoms with Gasteiger partial charge in [-0.25, -0.2) is 0 Å². The first-order valence-electron chi connectivity index (χ1n) is 9.61. The molecule has 0 spiro atoms. The van der Waals surface area contributed by atoms with E-state index in [4.69, 9.17) is 4.74 Å². The number of morpholine rings is 1. The van der Waals surface area contributed by atoms with Gasteiger partial charge in [-0.05, 0) is 56.5 Å². The van der Waals surface area contributed by atoms with E-state index in [-0.39, 0.29) is 0 Å². The van der Waals surface area contributed by atoms with Crippen LogP contribution in [0.2, 0.25) is 0 Å². The van der Waals surface area contributed by atoms with Gasteiger partial charge in [0.05, 0.1) is 13.2 Å². The lowest BCUT2D eigenvalue weighted by Crippen LogP contribution is -2.54. The summed E-state index contributed by atoms with van der Waals surface area (Å²) in [5, 5.41) is 0. The van der Waals surface area contributed by atoms with Gasteiger partial charge in [-0.2, -0.15) is 0 Å². The van der Waals surface area contributed by atoms with Crippen LogP contribution in [0, 0.1) is 6.92 Å². The smallest absolute Gasteiger partial charge is 0.0642 e. The second-order valence-corrected chi connectivity index (χ2v) is 7.78. The SMILES string of the molecule is Cc1cc(N2CCOCC2)ccc1CN1C[C@@H]2CCCN2C[C@@H]1C. The lowest BCUT2D eigenvalue weighted by Gasteiger charge is -2.42. The minimum atomic E-state index is 0.665. The second kappa shape index (κ2) is 7.03. The Kier molecular flexibility index (Phi) is 4.79. The minimum absolute atomic E-state index is 0.665. The normalized spacial score (nSPS) is 29.0. The molecule has 4 rings (SSSR count). The fourth-order valence-corrected chi connectivity index (χ4v) is 4.56. The Balaban J connectivity index is 1.44. The number of fused-ring (bicyclic) bond motifs is 1. The number of ether oxygens (including phenoxy) is 1. The number of anilines is 1. The number of rotatable bonds is 3. The Morgan fingerprint density at radius 2 is 1.96 bits per heavy atom. The lowest BCUT2D eigenvalue weighted by molar-refractivity contribution is 0.0539. The van der Waals surface area contributed by atoms with Crippen molar-refractivity contribution >= 4 is 5.69 Å². The monoisotopic (exact) mass is 329 g/mol. The third kappa shape index (κ3) is 3.32. The van der Waals surface area contributed by atoms with Crippen molar-refractivity contribution in [1.82, 2.24) is 9.80 Å². The molecule has 0 radical (unpaired) electrons. The largest absolute Gasteiger partial charge is 0.378 e. The predicted octanol–water partition coefficient (Wildman–Crippen LogP) is 2.50. The topological polar surface area (TPSA) is 19.0 Å². The Bertz CT molecular complexity index is 570. The molecule has 0 N–H and O–H groups in total. The van der Waals surface area contributed by atoms with Gasteiger partial charge in [0.15, 0.2) is 0 Å². The van der Waals surface area contributed by atoms with Crippen LogP contribution in [0.1, 0.15) is 30.9 Å². The van der Waals surface area contributed by atoms with Crippen LogP contribution in [-0.2, 0) is 11.3 Å². The lowest BCUT2D eigenvalue weighted by atomic mass is 10.0. The first-order chi connectivity index (χ1) is 11.7. The Labute approximate surface area is 146 Å². The average molecular weight is 329 g/mol. The minimum Gasteiger partial charge on any atom is -0.378 e. The maximum atomic E-state index is 5.47. The molecule has 0 bridgehead atoms. The standard InChI is InChI=1S/C20H31N3O/c1-16-12-19(21-8-10-24-11-9-21)6-5-18(16)14-23-15-20-4-3-7-22(20)13-17(23)2/h5-6,12,17,20H,3-4,7-11,13-15H2,1-2H3/t17-,20-/m0/s1. The highest BCUT2D eigenvalue weighted by Crippen LogP contribution is 2.27. The summed E-state index contributed by atoms with van der Waals surface area (Å²) in [5.74, 6) is 0. The summed E-state index contributed by atoms with van der Waals surface area (Å²) in [7, 11) is 0. The quantitative estimate of drug-likeness (QED) is 0.848. The first kappa shape index (κ1) is 16.4. The van der Waals surface area contributed by atoms with Crippen LogP contribution >= 0.6 is 0 Å². The highest BCUT2D eigenvalue weighted by atomic mass is 16.5. The van der Waals surface area contributed by atoms with Crippen LogP contribution < -0.4 is 4.90 Å². The Hall–Kier alpha value is -1.10. The molecule has 1 aromatic rings. The van der Waals surface area contributed by atoms with E-state index in [1.807, 2.05) is 0 Å². The zero-order valence-corrected chi connectivity index (χ0v) is 15.2. The third-order valence-electron chi connectivity index (χ3n) is 6.14. The summed E-state index contributed by atoms with van der Waals surface area (Å²) < 4.78 is 5.47. The van der Waals surface area contributed by atoms with Crippen LogP contribution in [0.25, 0.3) is 0 Å². The van der Waals surface area contributed by atoms with Gasteiger partial charge in [0, 0.05) is 50.5 Å². The molecule has 3 heterocycles. The molecule has 4 nitrogen and oxygen atoms in total. The molecular weight excluding hydrogens is 298 g/mol. The van der Waals surface area contributed by atoms with E-state index >= 15 is 0 Å². The maximum absolute atomic E-state index is 5.47. The molecule has 2 atom stereocenters. The number of aryl methyl sites for hydroxylation is 1. The zero-order chi connectivity index (χ0) is 16.5. The molecule has 132 valence electrons. The van der Waals surface area contributed by atoms with Crippen molar-refractivity contribution in [2.45, 2.75) is 45.3 Å². The van der Waals surface area contributed by atoms with Gasteiger partial charge < -0.3 is 9.64 Å². The van der Waals surface area contributed by atoms with E-state index in [1.54, 1.807) is 0 Å². The third-order valence-corrected chi connectivity index (χ3v) is 6.14. The van der Waals surface area contributed by atoms with E-state index in [1.165, 1.54) is 49.3 Å². The molecule has 0 unspecified atom stereocenters. The van der Waals surface area contributed by atoms with Gasteiger partial charge in [0.25, 0.3) is 0 Å². The molecule has 24 heavy (non-hydrogen) atoms. The molecule has 0 amide bonds. The zero-order valence-electron chi connectivity index (χ0n) is 15.2. The summed E-state index contributed by atoms with van der Waals surface area (Å²) in [6, 6.07) is 8.50. The van der Waals surface area contributed by atoms with Crippen molar-refractivity contribution in [2.75, 3.05) is 50.8 Å². The summed E-state index contributed by atoms with van der Waals surface area (Å²) >= 11 is 0. The summed E-state index contributed by atoms with van der Waals surface area (Å²) in [5.41, 5.74) is 4.28. The van der Waals surface area contributed by atoms with Crippen LogP contribution in [0.5, 0.6) is 0 Å². The van der Waals surface area contributed by atoms with E-state index in [0.717, 1.165) is 38.9 Å². The molecule has 3 fully saturated rings. The number of hydrogen-bond donors (Lipinski definition) is 0. The van der Waals surface area contributed by atoms with Crippen molar-refractivity contribution in [1.29, 1.82) is 0 Å². The van der Waals surface area contributed by atoms with Gasteiger partial charge in [-0.1, -0.05) is 6.07 Å². The molecule has 0 aromatic heterocycles. The molecule has 0 saturated carbocycles. The molecular formula is C20H31N3O. The van der Waals surface area contributed by atoms with Crippen molar-refractivity contribution in [2.24, 2.45) is 0 Å². The van der Waals surface area contributed by atoms with Gasteiger partial charge in [0.1, 0.15) is 0 Å². The summed E-state index contributed by atoms with van der Waals surface area (Å²) in [6.07, 6.45) is 2.77. The molecule has 3 aliphatic rings. The van der Waals surface area contributed by atoms with Gasteiger partial charge in [-0.15, -0.1) is 0 Å². The number of benzene rings is 1. The Morgan fingerprint density at radius 3 is 2.75 bits per heavy atom. The average Bonchev–Trinajstić information content (AvgIpc) is 3.04. The van der Waals surface area contributed by atoms with Gasteiger partial charge in [-0.3, -0.25) is 9.80 Å². The highest BCUT2D eigenvalue weighted by molar-refractivity contribution is 5.51. The molecule has 0 aliphatic carbocycles. The van der Waals surface area contributed by atoms with Gasteiger partial charge in [0.2, 0.25) is 0 Å². The van der Waals surface area contributed by atoms with Crippen LogP contribution in [0.15, 0.2) is 18.2 Å². The van der Waals surface area contributed by atoms with E-state index < -0.39 is 0 Å². The van der Waals surface area contributed by atoms with E-state index in [2.05, 4.69) is 46.7 Å². The molecule has 3 saturated heterocycles. The van der Waals surface area contributed by atoms with Crippen LogP contribution in [0.4, 0.5) is 5.69 Å². The Morgan fingerprint density at radius 1 is 1.12 bits per heavy atom. The number of piperazine rings is 1. The highest BCUT2D eigenvalue weighted by Gasteiger charge is 2.34. The first-order valence-corrected chi connectivity index (χ1v) is 9.61. The fraction of sp³-hybridized carbons (Fsp3) is 0.700. The van der Waals surface area contributed by atoms with Crippen LogP contribution in [0.3, 0.4) is 0 Å². The van der Waals surface area contributed by atoms with Crippen molar-refractivity contribution in [3.63, 3.8) is 0 Å². The molecule has 4 heteroatoms. The summed E-state index contributed by atoms with van der Waals surface area (Å²) in [6.45, 7) is 13.3. The van der Waals surface area contributed by atoms with Crippen molar-refractivity contribution in [3.05, 3.63) is 29.3 Å². The van der Waals surface area contributed by atoms with Crippen molar-refractivity contribution < 1.29 is 4.74 Å². The van der Waals surface area contributed by atoms with Crippen LogP contribution in [-0.4, -0.2) is 67.8 Å². The number of hydrogen-bond acceptors (Lipinski definition) is 4. The number of nitrogens with zero attached hydrogens (tertiary/aromatic N) is 3.